The van der Waals surface area contributed by atoms with E-state index < -0.39 is 18.1 Å². The lowest BCUT2D eigenvalue weighted by Gasteiger charge is -2.16. The van der Waals surface area contributed by atoms with Crippen molar-refractivity contribution >= 4 is 11.9 Å². The highest BCUT2D eigenvalue weighted by molar-refractivity contribution is 5.83. The van der Waals surface area contributed by atoms with Crippen LogP contribution in [0.5, 0.6) is 0 Å². The van der Waals surface area contributed by atoms with Gasteiger partial charge in [0, 0.05) is 6.42 Å². The molecule has 0 heterocycles. The summed E-state index contributed by atoms with van der Waals surface area (Å²) in [6, 6.07) is 7.05. The quantitative estimate of drug-likeness (QED) is 0.686. The molecule has 0 aromatic heterocycles. The average molecular weight is 307 g/mol. The molecular weight excluding hydrogens is 282 g/mol. The first-order chi connectivity index (χ1) is 10.3. The number of rotatable bonds is 8. The van der Waals surface area contributed by atoms with Gasteiger partial charge in [0.25, 0.3) is 0 Å². The highest BCUT2D eigenvalue weighted by atomic mass is 16.4. The van der Waals surface area contributed by atoms with E-state index in [0.717, 1.165) is 12.0 Å². The summed E-state index contributed by atoms with van der Waals surface area (Å²) in [5, 5.41) is 20.5. The minimum absolute atomic E-state index is 0.239. The zero-order chi connectivity index (χ0) is 16.7. The summed E-state index contributed by atoms with van der Waals surface area (Å²) in [5.74, 6) is -1.09. The van der Waals surface area contributed by atoms with Crippen molar-refractivity contribution in [3.05, 3.63) is 35.4 Å². The Kier molecular flexibility index (Phi) is 7.05. The van der Waals surface area contributed by atoms with Crippen LogP contribution in [0.4, 0.5) is 0 Å². The molecule has 1 rings (SSSR count). The molecular formula is C17H25NO4. The van der Waals surface area contributed by atoms with E-state index in [0.29, 0.717) is 12.3 Å². The number of aliphatic hydroxyl groups is 1. The number of hydrogen-bond acceptors (Lipinski definition) is 3. The number of benzene rings is 1. The highest BCUT2D eigenvalue weighted by Gasteiger charge is 2.24. The monoisotopic (exact) mass is 307 g/mol. The number of carboxylic acids is 1. The zero-order valence-corrected chi connectivity index (χ0v) is 13.4. The lowest BCUT2D eigenvalue weighted by atomic mass is 10.00. The van der Waals surface area contributed by atoms with Gasteiger partial charge in [0.1, 0.15) is 0 Å². The van der Waals surface area contributed by atoms with Gasteiger partial charge in [-0.05, 0) is 36.8 Å². The second-order valence-corrected chi connectivity index (χ2v) is 5.87. The van der Waals surface area contributed by atoms with Crippen molar-refractivity contribution in [1.29, 1.82) is 0 Å². The van der Waals surface area contributed by atoms with E-state index >= 15 is 0 Å². The van der Waals surface area contributed by atoms with Gasteiger partial charge in [-0.15, -0.1) is 0 Å². The Morgan fingerprint density at radius 2 is 1.73 bits per heavy atom. The van der Waals surface area contributed by atoms with Gasteiger partial charge in [-0.3, -0.25) is 4.79 Å². The molecule has 0 aliphatic rings. The number of carboxylic acid groups (broad SMARTS) is 1. The third kappa shape index (κ3) is 5.85. The maximum absolute atomic E-state index is 11.7. The van der Waals surface area contributed by atoms with Gasteiger partial charge >= 0.3 is 5.97 Å². The molecule has 0 aliphatic heterocycles. The SMILES string of the molecule is CC(C)c1ccc(CCCC(=O)NC(C(=O)O)C(C)O)cc1. The van der Waals surface area contributed by atoms with Crippen molar-refractivity contribution in [2.24, 2.45) is 0 Å². The molecule has 2 unspecified atom stereocenters. The van der Waals surface area contributed by atoms with E-state index in [1.807, 2.05) is 0 Å². The van der Waals surface area contributed by atoms with E-state index in [4.69, 9.17) is 5.11 Å². The molecule has 0 saturated carbocycles. The smallest absolute Gasteiger partial charge is 0.328 e. The summed E-state index contributed by atoms with van der Waals surface area (Å²) in [6.07, 6.45) is 0.518. The standard InChI is InChI=1S/C17H25NO4/c1-11(2)14-9-7-13(8-10-14)5-4-6-15(20)18-16(12(3)19)17(21)22/h7-12,16,19H,4-6H2,1-3H3,(H,18,20)(H,21,22). The minimum Gasteiger partial charge on any atom is -0.480 e. The first kappa shape index (κ1) is 18.2. The fraction of sp³-hybridized carbons (Fsp3) is 0.529. The van der Waals surface area contributed by atoms with Crippen LogP contribution in [-0.2, 0) is 16.0 Å². The Bertz CT molecular complexity index is 494. The summed E-state index contributed by atoms with van der Waals surface area (Å²) in [7, 11) is 0. The summed E-state index contributed by atoms with van der Waals surface area (Å²) in [4.78, 5) is 22.6. The summed E-state index contributed by atoms with van der Waals surface area (Å²) >= 11 is 0. The number of hydrogen-bond donors (Lipinski definition) is 3. The molecule has 0 spiro atoms. The van der Waals surface area contributed by atoms with E-state index in [-0.39, 0.29) is 12.3 Å². The Morgan fingerprint density at radius 1 is 1.14 bits per heavy atom. The van der Waals surface area contributed by atoms with Crippen molar-refractivity contribution in [2.45, 2.75) is 58.1 Å². The summed E-state index contributed by atoms with van der Waals surface area (Å²) < 4.78 is 0. The fourth-order valence-corrected chi connectivity index (χ4v) is 2.16. The molecule has 5 nitrogen and oxygen atoms in total. The lowest BCUT2D eigenvalue weighted by Crippen LogP contribution is -2.47. The summed E-state index contributed by atoms with van der Waals surface area (Å²) in [6.45, 7) is 5.62. The van der Waals surface area contributed by atoms with Crippen molar-refractivity contribution < 1.29 is 19.8 Å². The maximum atomic E-state index is 11.7. The number of amides is 1. The number of aliphatic carboxylic acids is 1. The molecule has 1 aromatic carbocycles. The summed E-state index contributed by atoms with van der Waals surface area (Å²) in [5.41, 5.74) is 2.44. The lowest BCUT2D eigenvalue weighted by molar-refractivity contribution is -0.144. The van der Waals surface area contributed by atoms with Crippen LogP contribution in [0.3, 0.4) is 0 Å². The van der Waals surface area contributed by atoms with Crippen LogP contribution < -0.4 is 5.32 Å². The molecule has 1 amide bonds. The van der Waals surface area contributed by atoms with E-state index in [9.17, 15) is 14.7 Å². The molecule has 0 bridgehead atoms. The highest BCUT2D eigenvalue weighted by Crippen LogP contribution is 2.15. The predicted octanol–water partition coefficient (Wildman–Crippen LogP) is 2.08. The molecule has 0 radical (unpaired) electrons. The second-order valence-electron chi connectivity index (χ2n) is 5.87. The normalized spacial score (nSPS) is 13.7. The van der Waals surface area contributed by atoms with Gasteiger partial charge < -0.3 is 15.5 Å². The molecule has 5 heteroatoms. The van der Waals surface area contributed by atoms with Gasteiger partial charge in [-0.25, -0.2) is 4.79 Å². The van der Waals surface area contributed by atoms with Gasteiger partial charge in [-0.2, -0.15) is 0 Å². The average Bonchev–Trinajstić information content (AvgIpc) is 2.44. The number of carbonyl (C=O) groups is 2. The maximum Gasteiger partial charge on any atom is 0.328 e. The molecule has 22 heavy (non-hydrogen) atoms. The molecule has 2 atom stereocenters. The van der Waals surface area contributed by atoms with Crippen molar-refractivity contribution in [3.63, 3.8) is 0 Å². The zero-order valence-electron chi connectivity index (χ0n) is 13.4. The minimum atomic E-state index is -1.25. The van der Waals surface area contributed by atoms with Crippen LogP contribution in [0.25, 0.3) is 0 Å². The van der Waals surface area contributed by atoms with E-state index in [1.54, 1.807) is 0 Å². The molecule has 3 N–H and O–H groups in total. The third-order valence-corrected chi connectivity index (χ3v) is 3.58. The fourth-order valence-electron chi connectivity index (χ4n) is 2.16. The first-order valence-electron chi connectivity index (χ1n) is 7.60. The third-order valence-electron chi connectivity index (χ3n) is 3.58. The van der Waals surface area contributed by atoms with E-state index in [1.165, 1.54) is 12.5 Å². The number of carbonyl (C=O) groups excluding carboxylic acids is 1. The second kappa shape index (κ2) is 8.54. The van der Waals surface area contributed by atoms with Crippen LogP contribution in [0.15, 0.2) is 24.3 Å². The van der Waals surface area contributed by atoms with E-state index in [2.05, 4.69) is 43.4 Å². The van der Waals surface area contributed by atoms with Crippen LogP contribution in [0.1, 0.15) is 50.7 Å². The Balaban J connectivity index is 2.40. The van der Waals surface area contributed by atoms with Crippen molar-refractivity contribution in [1.82, 2.24) is 5.32 Å². The molecule has 0 fully saturated rings. The molecule has 0 aliphatic carbocycles. The number of aryl methyl sites for hydroxylation is 1. The van der Waals surface area contributed by atoms with Gasteiger partial charge in [0.15, 0.2) is 6.04 Å². The first-order valence-corrected chi connectivity index (χ1v) is 7.60. The van der Waals surface area contributed by atoms with Gasteiger partial charge in [0.05, 0.1) is 6.10 Å². The predicted molar refractivity (Wildman–Crippen MR) is 84.7 cm³/mol. The van der Waals surface area contributed by atoms with Crippen LogP contribution in [-0.4, -0.2) is 34.2 Å². The van der Waals surface area contributed by atoms with Crippen LogP contribution in [0.2, 0.25) is 0 Å². The Morgan fingerprint density at radius 3 is 2.18 bits per heavy atom. The molecule has 1 aromatic rings. The number of aliphatic hydroxyl groups excluding tert-OH is 1. The molecule has 0 saturated heterocycles. The van der Waals surface area contributed by atoms with Crippen LogP contribution >= 0.6 is 0 Å². The largest absolute Gasteiger partial charge is 0.480 e. The van der Waals surface area contributed by atoms with Gasteiger partial charge in [0.2, 0.25) is 5.91 Å². The molecule has 122 valence electrons. The van der Waals surface area contributed by atoms with Crippen LogP contribution in [0, 0.1) is 0 Å². The van der Waals surface area contributed by atoms with Gasteiger partial charge in [-0.1, -0.05) is 38.1 Å². The van der Waals surface area contributed by atoms with Crippen molar-refractivity contribution in [3.8, 4) is 0 Å². The topological polar surface area (TPSA) is 86.6 Å². The van der Waals surface area contributed by atoms with Crippen molar-refractivity contribution in [2.75, 3.05) is 0 Å². The Labute approximate surface area is 131 Å². The number of nitrogens with one attached hydrogen (secondary N) is 1. The Hall–Kier alpha value is -1.88.